The number of anilines is 6. The molecule has 11 aromatic rings. The normalized spacial score (nSPS) is 13.6. The summed E-state index contributed by atoms with van der Waals surface area (Å²) in [7, 11) is 0. The van der Waals surface area contributed by atoms with Crippen LogP contribution in [0.2, 0.25) is 0 Å². The third-order valence-electron chi connectivity index (χ3n) is 13.8. The van der Waals surface area contributed by atoms with Crippen LogP contribution < -0.4 is 26.2 Å². The average molecular weight is 845 g/mol. The summed E-state index contributed by atoms with van der Waals surface area (Å²) in [6, 6.07) is 54.2. The van der Waals surface area contributed by atoms with E-state index >= 15 is 0 Å². The molecule has 7 heteroatoms. The van der Waals surface area contributed by atoms with E-state index in [9.17, 15) is 0 Å². The van der Waals surface area contributed by atoms with E-state index in [-0.39, 0.29) is 17.5 Å². The zero-order valence-corrected chi connectivity index (χ0v) is 37.2. The van der Waals surface area contributed by atoms with E-state index < -0.39 is 0 Å². The predicted molar refractivity (Wildman–Crippen MR) is 268 cm³/mol. The maximum Gasteiger partial charge on any atom is 0.262 e. The highest BCUT2D eigenvalue weighted by Crippen LogP contribution is 2.48. The Labute approximate surface area is 377 Å². The third-order valence-corrected chi connectivity index (χ3v) is 13.8. The van der Waals surface area contributed by atoms with E-state index in [4.69, 9.17) is 17.7 Å². The Hall–Kier alpha value is -7.64. The smallest absolute Gasteiger partial charge is 0.262 e. The minimum atomic E-state index is -0.195. The van der Waals surface area contributed by atoms with E-state index in [0.717, 1.165) is 112 Å². The van der Waals surface area contributed by atoms with E-state index in [1.165, 1.54) is 16.6 Å². The fourth-order valence-corrected chi connectivity index (χ4v) is 10.4. The molecular formula is C58H45BN2O4. The van der Waals surface area contributed by atoms with E-state index in [1.54, 1.807) is 0 Å². The zero-order valence-electron chi connectivity index (χ0n) is 37.2. The molecule has 0 atom stereocenters. The lowest BCUT2D eigenvalue weighted by molar-refractivity contribution is 0.589. The first-order valence-corrected chi connectivity index (χ1v) is 22.5. The van der Waals surface area contributed by atoms with Crippen LogP contribution in [0.4, 0.5) is 34.5 Å². The molecule has 0 saturated carbocycles. The lowest BCUT2D eigenvalue weighted by Crippen LogP contribution is -2.60. The molecule has 0 saturated heterocycles. The first-order chi connectivity index (χ1) is 31.5. The van der Waals surface area contributed by atoms with Gasteiger partial charge in [0.1, 0.15) is 22.3 Å². The second-order valence-electron chi connectivity index (χ2n) is 19.8. The summed E-state index contributed by atoms with van der Waals surface area (Å²) >= 11 is 0. The molecule has 0 bridgehead atoms. The van der Waals surface area contributed by atoms with Crippen LogP contribution >= 0.6 is 0 Å². The Morgan fingerprint density at radius 1 is 0.400 bits per heavy atom. The van der Waals surface area contributed by atoms with Gasteiger partial charge in [0.05, 0.1) is 12.5 Å². The van der Waals surface area contributed by atoms with Gasteiger partial charge in [0.25, 0.3) is 6.71 Å². The van der Waals surface area contributed by atoms with Crippen molar-refractivity contribution in [2.75, 3.05) is 9.80 Å². The summed E-state index contributed by atoms with van der Waals surface area (Å²) in [6.45, 7) is 13.5. The maximum absolute atomic E-state index is 7.17. The lowest BCUT2D eigenvalue weighted by atomic mass is 9.33. The van der Waals surface area contributed by atoms with Crippen molar-refractivity contribution in [1.82, 2.24) is 0 Å². The van der Waals surface area contributed by atoms with Crippen LogP contribution in [0.15, 0.2) is 182 Å². The molecule has 13 rings (SSSR count). The molecular weight excluding hydrogens is 799 g/mol. The molecule has 0 N–H and O–H groups in total. The van der Waals surface area contributed by atoms with Crippen molar-refractivity contribution in [3.63, 3.8) is 0 Å². The summed E-state index contributed by atoms with van der Waals surface area (Å²) < 4.78 is 26.3. The fourth-order valence-electron chi connectivity index (χ4n) is 10.4. The highest BCUT2D eigenvalue weighted by Gasteiger charge is 2.49. The second kappa shape index (κ2) is 13.4. The van der Waals surface area contributed by atoms with Crippen LogP contribution in [0.25, 0.3) is 66.1 Å². The molecule has 6 heterocycles. The predicted octanol–water partition coefficient (Wildman–Crippen LogP) is 14.7. The van der Waals surface area contributed by atoms with Crippen LogP contribution in [0, 0.1) is 0 Å². The fraction of sp³-hybridized carbons (Fsp3) is 0.138. The number of furan rings is 4. The minimum absolute atomic E-state index is 0.0732. The Morgan fingerprint density at radius 2 is 0.831 bits per heavy atom. The number of rotatable bonds is 4. The lowest BCUT2D eigenvalue weighted by Gasteiger charge is -2.40. The van der Waals surface area contributed by atoms with Gasteiger partial charge in [0, 0.05) is 66.3 Å². The second-order valence-corrected chi connectivity index (χ2v) is 19.8. The number of para-hydroxylation sites is 2. The molecule has 0 radical (unpaired) electrons. The van der Waals surface area contributed by atoms with Gasteiger partial charge in [-0.05, 0) is 111 Å². The molecule has 4 aromatic heterocycles. The van der Waals surface area contributed by atoms with Crippen molar-refractivity contribution in [3.8, 4) is 22.3 Å². The minimum Gasteiger partial charge on any atom is -0.464 e. The van der Waals surface area contributed by atoms with Crippen molar-refractivity contribution in [2.45, 2.75) is 52.4 Å². The highest BCUT2D eigenvalue weighted by molar-refractivity contribution is 7.02. The molecule has 0 unspecified atom stereocenters. The molecule has 0 spiro atoms. The quantitative estimate of drug-likeness (QED) is 0.165. The Balaban J connectivity index is 1.07. The van der Waals surface area contributed by atoms with E-state index in [1.807, 2.05) is 36.8 Å². The molecule has 7 aromatic carbocycles. The molecule has 2 aliphatic heterocycles. The third kappa shape index (κ3) is 5.61. The van der Waals surface area contributed by atoms with Gasteiger partial charge in [-0.15, -0.1) is 0 Å². The monoisotopic (exact) mass is 844 g/mol. The summed E-state index contributed by atoms with van der Waals surface area (Å²) in [6.07, 6.45) is 3.72. The Kier molecular flexibility index (Phi) is 7.83. The first-order valence-electron chi connectivity index (χ1n) is 22.5. The Bertz CT molecular complexity index is 3460. The number of hydrogen-bond donors (Lipinski definition) is 0. The van der Waals surface area contributed by atoms with Crippen LogP contribution in [0.5, 0.6) is 0 Å². The van der Waals surface area contributed by atoms with E-state index in [2.05, 4.69) is 179 Å². The summed E-state index contributed by atoms with van der Waals surface area (Å²) in [5.41, 5.74) is 17.8. The van der Waals surface area contributed by atoms with Gasteiger partial charge in [-0.25, -0.2) is 0 Å². The van der Waals surface area contributed by atoms with Gasteiger partial charge >= 0.3 is 0 Å². The van der Waals surface area contributed by atoms with Crippen molar-refractivity contribution in [2.24, 2.45) is 0 Å². The van der Waals surface area contributed by atoms with Crippen molar-refractivity contribution in [3.05, 3.63) is 175 Å². The summed E-state index contributed by atoms with van der Waals surface area (Å²) in [4.78, 5) is 4.66. The number of fused-ring (bicyclic) bond motifs is 10. The average Bonchev–Trinajstić information content (AvgIpc) is 4.11. The zero-order chi connectivity index (χ0) is 43.9. The number of benzene rings is 7. The topological polar surface area (TPSA) is 59.0 Å². The first kappa shape index (κ1) is 37.9. The molecule has 0 fully saturated rings. The molecule has 0 amide bonds. The van der Waals surface area contributed by atoms with E-state index in [0.29, 0.717) is 0 Å². The van der Waals surface area contributed by atoms with Crippen LogP contribution in [-0.4, -0.2) is 6.71 Å². The number of hydrogen-bond acceptors (Lipinski definition) is 6. The van der Waals surface area contributed by atoms with Crippen molar-refractivity contribution < 1.29 is 17.7 Å². The molecule has 2 aliphatic rings. The molecule has 6 nitrogen and oxygen atoms in total. The largest absolute Gasteiger partial charge is 0.464 e. The van der Waals surface area contributed by atoms with Gasteiger partial charge in [-0.3, -0.25) is 9.80 Å². The summed E-state index contributed by atoms with van der Waals surface area (Å²) in [5, 5.41) is 4.41. The SMILES string of the molecule is CC(C)(C)c1ccc2oc3c(c2c1)B1c2c(cccc2N(c2ccc(-c4coc5ccccc45)cc2)c2oc4ccc(C(C)(C)C)cc4c21)N3c1ccc(-c2coc3ccccc23)cc1. The maximum atomic E-state index is 7.17. The van der Waals surface area contributed by atoms with Crippen LogP contribution in [0.1, 0.15) is 52.7 Å². The molecule has 65 heavy (non-hydrogen) atoms. The summed E-state index contributed by atoms with van der Waals surface area (Å²) in [5.74, 6) is 1.64. The van der Waals surface area contributed by atoms with Gasteiger partial charge in [0.2, 0.25) is 11.8 Å². The van der Waals surface area contributed by atoms with Crippen LogP contribution in [-0.2, 0) is 10.8 Å². The van der Waals surface area contributed by atoms with Crippen molar-refractivity contribution in [1.29, 1.82) is 0 Å². The van der Waals surface area contributed by atoms with Crippen molar-refractivity contribution >= 4 is 101 Å². The van der Waals surface area contributed by atoms with Crippen LogP contribution in [0.3, 0.4) is 0 Å². The molecule has 0 aliphatic carbocycles. The standard InChI is InChI=1S/C58H45BN2O4/c1-57(2,3)36-22-28-50-42(30-36)52-55(64-50)60(38-24-18-34(19-25-38)44-32-62-48-16-9-7-12-40(44)48)46-14-11-15-47-54(46)59(52)53-43-31-37(58(4,5)6)23-29-51(43)65-56(53)61(47)39-26-20-35(21-27-39)45-33-63-49-17-10-8-13-41(45)49/h7-33H,1-6H3. The van der Waals surface area contributed by atoms with Gasteiger partial charge in [0.15, 0.2) is 0 Å². The van der Waals surface area contributed by atoms with Gasteiger partial charge in [-0.2, -0.15) is 0 Å². The van der Waals surface area contributed by atoms with Gasteiger partial charge < -0.3 is 17.7 Å². The van der Waals surface area contributed by atoms with Gasteiger partial charge in [-0.1, -0.05) is 120 Å². The number of nitrogens with zero attached hydrogens (tertiary/aromatic N) is 2. The molecule has 314 valence electrons. The Morgan fingerprint density at radius 3 is 1.26 bits per heavy atom. The highest BCUT2D eigenvalue weighted by atomic mass is 16.4.